The topological polar surface area (TPSA) is 0 Å². The zero-order valence-corrected chi connectivity index (χ0v) is 15.9. The molecule has 3 rings (SSSR count). The average molecular weight is 323 g/mol. The van der Waals surface area contributed by atoms with E-state index in [0.29, 0.717) is 0 Å². The highest BCUT2D eigenvalue weighted by atomic mass is 14.5. The van der Waals surface area contributed by atoms with Crippen molar-refractivity contribution < 1.29 is 0 Å². The van der Waals surface area contributed by atoms with Crippen molar-refractivity contribution in [2.75, 3.05) is 0 Å². The first kappa shape index (κ1) is 21.0. The quantitative estimate of drug-likeness (QED) is 0.490. The smallest absolute Gasteiger partial charge is 0.0352 e. The molecule has 4 unspecified atom stereocenters. The second-order valence-corrected chi connectivity index (χ2v) is 8.29. The molecule has 3 fully saturated rings. The third kappa shape index (κ3) is 4.99. The van der Waals surface area contributed by atoms with E-state index in [2.05, 4.69) is 13.8 Å². The second-order valence-electron chi connectivity index (χ2n) is 8.29. The van der Waals surface area contributed by atoms with E-state index in [1.54, 1.807) is 38.5 Å². The largest absolute Gasteiger partial charge is 0.0776 e. The molecule has 0 bridgehead atoms. The van der Waals surface area contributed by atoms with Crippen molar-refractivity contribution in [3.8, 4) is 0 Å². The lowest BCUT2D eigenvalue weighted by atomic mass is 9.74. The summed E-state index contributed by atoms with van der Waals surface area (Å²) in [5.41, 5.74) is 0. The van der Waals surface area contributed by atoms with Gasteiger partial charge in [0.05, 0.1) is 0 Å². The molecule has 0 heteroatoms. The molecule has 3 saturated carbocycles. The molecular weight excluding hydrogens is 276 g/mol. The summed E-state index contributed by atoms with van der Waals surface area (Å²) in [6.45, 7) is 9.06. The predicted molar refractivity (Wildman–Crippen MR) is 106 cm³/mol. The summed E-state index contributed by atoms with van der Waals surface area (Å²) in [6, 6.07) is 0. The molecule has 0 nitrogen and oxygen atoms in total. The van der Waals surface area contributed by atoms with Crippen LogP contribution in [-0.2, 0) is 0 Å². The van der Waals surface area contributed by atoms with E-state index < -0.39 is 0 Å². The summed E-state index contributed by atoms with van der Waals surface area (Å²) in [7, 11) is 0. The summed E-state index contributed by atoms with van der Waals surface area (Å²) < 4.78 is 0. The van der Waals surface area contributed by atoms with Crippen LogP contribution in [0.1, 0.15) is 112 Å². The lowest BCUT2D eigenvalue weighted by Crippen LogP contribution is -2.22. The van der Waals surface area contributed by atoms with Gasteiger partial charge >= 0.3 is 0 Å². The molecule has 0 spiro atoms. The minimum Gasteiger partial charge on any atom is -0.0776 e. The van der Waals surface area contributed by atoms with Crippen molar-refractivity contribution in [2.24, 2.45) is 35.5 Å². The van der Waals surface area contributed by atoms with Gasteiger partial charge in [0.2, 0.25) is 0 Å². The molecule has 0 aromatic heterocycles. The number of hydrogen-bond acceptors (Lipinski definition) is 0. The van der Waals surface area contributed by atoms with Crippen LogP contribution in [0.15, 0.2) is 0 Å². The normalized spacial score (nSPS) is 37.3. The Morgan fingerprint density at radius 2 is 1.26 bits per heavy atom. The zero-order chi connectivity index (χ0) is 15.9. The second kappa shape index (κ2) is 10.8. The minimum atomic E-state index is 0. The van der Waals surface area contributed by atoms with E-state index in [1.165, 1.54) is 38.5 Å². The molecule has 0 saturated heterocycles. The van der Waals surface area contributed by atoms with Crippen molar-refractivity contribution >= 4 is 0 Å². The molecule has 3 aliphatic carbocycles. The van der Waals surface area contributed by atoms with E-state index >= 15 is 0 Å². The van der Waals surface area contributed by atoms with Crippen LogP contribution in [0.5, 0.6) is 0 Å². The molecule has 0 aliphatic heterocycles. The lowest BCUT2D eigenvalue weighted by molar-refractivity contribution is 0.188. The Morgan fingerprint density at radius 3 is 1.87 bits per heavy atom. The third-order valence-electron chi connectivity index (χ3n) is 7.43. The standard InChI is InChI=1S/C20H36.C2H6.CH4/c1-3-17-15(2)18-11-7-8-12-19(18)20(17)14-13-16-9-5-4-6-10-16;1-2;/h15-20H,3-14H2,1-2H3;1-2H3;1H4/t15?,17?,18-,19?,20?;;/m0../s1. The zero-order valence-electron chi connectivity index (χ0n) is 15.9. The van der Waals surface area contributed by atoms with Crippen LogP contribution < -0.4 is 0 Å². The lowest BCUT2D eigenvalue weighted by Gasteiger charge is -2.32. The van der Waals surface area contributed by atoms with Crippen molar-refractivity contribution in [1.29, 1.82) is 0 Å². The van der Waals surface area contributed by atoms with Crippen LogP contribution in [0, 0.1) is 35.5 Å². The van der Waals surface area contributed by atoms with E-state index in [9.17, 15) is 0 Å². The SMILES string of the molecule is C.CC.CCC1C(CCC2CCCCC2)C2CCCC[C@H]2C1C. The van der Waals surface area contributed by atoms with Crippen LogP contribution in [0.4, 0.5) is 0 Å². The molecule has 3 aliphatic rings. The van der Waals surface area contributed by atoms with Crippen LogP contribution in [0.3, 0.4) is 0 Å². The Hall–Kier alpha value is 0. The van der Waals surface area contributed by atoms with Crippen molar-refractivity contribution in [1.82, 2.24) is 0 Å². The summed E-state index contributed by atoms with van der Waals surface area (Å²) in [5.74, 6) is 6.51. The predicted octanol–water partition coefficient (Wildman–Crippen LogP) is 8.11. The van der Waals surface area contributed by atoms with Crippen LogP contribution >= 0.6 is 0 Å². The summed E-state index contributed by atoms with van der Waals surface area (Å²) >= 11 is 0. The number of hydrogen-bond donors (Lipinski definition) is 0. The molecule has 23 heavy (non-hydrogen) atoms. The molecular formula is C23H46. The highest BCUT2D eigenvalue weighted by molar-refractivity contribution is 4.96. The van der Waals surface area contributed by atoms with E-state index in [1.807, 2.05) is 13.8 Å². The fraction of sp³-hybridized carbons (Fsp3) is 1.00. The fourth-order valence-corrected chi connectivity index (χ4v) is 6.40. The molecule has 0 N–H and O–H groups in total. The molecule has 0 heterocycles. The maximum absolute atomic E-state index is 2.60. The average Bonchev–Trinajstić information content (AvgIpc) is 2.87. The Bertz CT molecular complexity index is 288. The highest BCUT2D eigenvalue weighted by Crippen LogP contribution is 2.55. The molecule has 0 aromatic carbocycles. The Kier molecular flexibility index (Phi) is 9.86. The van der Waals surface area contributed by atoms with Crippen LogP contribution in [-0.4, -0.2) is 0 Å². The monoisotopic (exact) mass is 322 g/mol. The van der Waals surface area contributed by atoms with Crippen molar-refractivity contribution in [3.05, 3.63) is 0 Å². The number of rotatable bonds is 4. The van der Waals surface area contributed by atoms with Gasteiger partial charge in [-0.3, -0.25) is 0 Å². The van der Waals surface area contributed by atoms with Crippen LogP contribution in [0.2, 0.25) is 0 Å². The maximum atomic E-state index is 2.60. The van der Waals surface area contributed by atoms with Gasteiger partial charge in [-0.1, -0.05) is 92.9 Å². The van der Waals surface area contributed by atoms with Gasteiger partial charge in [0, 0.05) is 0 Å². The van der Waals surface area contributed by atoms with Gasteiger partial charge in [-0.25, -0.2) is 0 Å². The van der Waals surface area contributed by atoms with Gasteiger partial charge < -0.3 is 0 Å². The summed E-state index contributed by atoms with van der Waals surface area (Å²) in [6.07, 6.45) is 18.4. The molecule has 0 radical (unpaired) electrons. The van der Waals surface area contributed by atoms with Gasteiger partial charge in [0.25, 0.3) is 0 Å². The van der Waals surface area contributed by atoms with E-state index in [-0.39, 0.29) is 7.43 Å². The minimum absolute atomic E-state index is 0. The highest BCUT2D eigenvalue weighted by Gasteiger charge is 2.47. The van der Waals surface area contributed by atoms with Gasteiger partial charge in [-0.05, 0) is 54.8 Å². The first-order valence-electron chi connectivity index (χ1n) is 10.8. The summed E-state index contributed by atoms with van der Waals surface area (Å²) in [5, 5.41) is 0. The van der Waals surface area contributed by atoms with Crippen molar-refractivity contribution in [2.45, 2.75) is 112 Å². The maximum Gasteiger partial charge on any atom is -0.0352 e. The Labute approximate surface area is 148 Å². The molecule has 5 atom stereocenters. The molecule has 0 aromatic rings. The molecule has 138 valence electrons. The van der Waals surface area contributed by atoms with Gasteiger partial charge in [-0.2, -0.15) is 0 Å². The van der Waals surface area contributed by atoms with Gasteiger partial charge in [-0.15, -0.1) is 0 Å². The van der Waals surface area contributed by atoms with Crippen molar-refractivity contribution in [3.63, 3.8) is 0 Å². The first-order valence-corrected chi connectivity index (χ1v) is 10.8. The first-order chi connectivity index (χ1) is 10.8. The number of fused-ring (bicyclic) bond motifs is 1. The van der Waals surface area contributed by atoms with E-state index in [4.69, 9.17) is 0 Å². The Morgan fingerprint density at radius 1 is 0.696 bits per heavy atom. The van der Waals surface area contributed by atoms with Gasteiger partial charge in [0.1, 0.15) is 0 Å². The fourth-order valence-electron chi connectivity index (χ4n) is 6.40. The van der Waals surface area contributed by atoms with E-state index in [0.717, 1.165) is 35.5 Å². The van der Waals surface area contributed by atoms with Gasteiger partial charge in [0.15, 0.2) is 0 Å². The third-order valence-corrected chi connectivity index (χ3v) is 7.43. The van der Waals surface area contributed by atoms with Crippen LogP contribution in [0.25, 0.3) is 0 Å². The Balaban J connectivity index is 0.000000849. The molecule has 0 amide bonds. The summed E-state index contributed by atoms with van der Waals surface area (Å²) in [4.78, 5) is 0.